The molecular formula is C34H41N3O5S. The van der Waals surface area contributed by atoms with Gasteiger partial charge >= 0.3 is 0 Å². The highest BCUT2D eigenvalue weighted by molar-refractivity contribution is 7.91. The van der Waals surface area contributed by atoms with Crippen LogP contribution in [0.5, 0.6) is 0 Å². The van der Waals surface area contributed by atoms with Crippen LogP contribution in [0.2, 0.25) is 0 Å². The first kappa shape index (κ1) is 29.8. The molecule has 6 rings (SSSR count). The van der Waals surface area contributed by atoms with Gasteiger partial charge in [-0.25, -0.2) is 8.42 Å². The van der Waals surface area contributed by atoms with E-state index in [1.807, 2.05) is 66.4 Å². The molecule has 3 aromatic rings. The van der Waals surface area contributed by atoms with Gasteiger partial charge in [0.25, 0.3) is 5.91 Å². The number of ether oxygens (including phenoxy) is 2. The first-order valence-corrected chi connectivity index (χ1v) is 16.8. The van der Waals surface area contributed by atoms with E-state index in [4.69, 9.17) is 9.47 Å². The predicted molar refractivity (Wildman–Crippen MR) is 166 cm³/mol. The molecule has 228 valence electrons. The highest BCUT2D eigenvalue weighted by Gasteiger charge is 2.47. The van der Waals surface area contributed by atoms with Crippen molar-refractivity contribution in [3.05, 3.63) is 90.0 Å². The van der Waals surface area contributed by atoms with Crippen molar-refractivity contribution in [1.29, 1.82) is 0 Å². The molecule has 3 aromatic carbocycles. The third kappa shape index (κ3) is 5.83. The van der Waals surface area contributed by atoms with Crippen LogP contribution in [-0.2, 0) is 25.1 Å². The molecule has 3 fully saturated rings. The molecule has 0 atom stereocenters. The number of benzene rings is 3. The number of anilines is 1. The summed E-state index contributed by atoms with van der Waals surface area (Å²) in [5, 5.41) is 0. The first-order chi connectivity index (χ1) is 20.8. The van der Waals surface area contributed by atoms with Crippen LogP contribution in [0.15, 0.2) is 88.7 Å². The van der Waals surface area contributed by atoms with Crippen molar-refractivity contribution >= 4 is 21.4 Å². The normalized spacial score (nSPS) is 20.3. The van der Waals surface area contributed by atoms with Crippen molar-refractivity contribution in [2.24, 2.45) is 5.92 Å². The average molecular weight is 604 g/mol. The van der Waals surface area contributed by atoms with Crippen LogP contribution in [0.1, 0.15) is 41.6 Å². The molecule has 3 aliphatic heterocycles. The Morgan fingerprint density at radius 1 is 0.767 bits per heavy atom. The summed E-state index contributed by atoms with van der Waals surface area (Å²) in [5.41, 5.74) is 2.59. The third-order valence-corrected chi connectivity index (χ3v) is 11.1. The van der Waals surface area contributed by atoms with Gasteiger partial charge in [0.05, 0.1) is 28.6 Å². The summed E-state index contributed by atoms with van der Waals surface area (Å²) >= 11 is 0. The smallest absolute Gasteiger partial charge is 0.255 e. The van der Waals surface area contributed by atoms with Gasteiger partial charge < -0.3 is 24.2 Å². The summed E-state index contributed by atoms with van der Waals surface area (Å²) < 4.78 is 38.9. The molecule has 0 N–H and O–H groups in total. The third-order valence-electron chi connectivity index (χ3n) is 9.29. The molecule has 0 spiro atoms. The summed E-state index contributed by atoms with van der Waals surface area (Å²) in [5.74, 6) is -0.565. The van der Waals surface area contributed by atoms with Gasteiger partial charge in [-0.2, -0.15) is 0 Å². The second-order valence-electron chi connectivity index (χ2n) is 12.0. The molecule has 0 unspecified atom stereocenters. The topological polar surface area (TPSA) is 79.4 Å². The molecule has 3 heterocycles. The van der Waals surface area contributed by atoms with E-state index in [1.165, 1.54) is 0 Å². The van der Waals surface area contributed by atoms with Crippen molar-refractivity contribution in [3.63, 3.8) is 0 Å². The van der Waals surface area contributed by atoms with Crippen LogP contribution in [0, 0.1) is 5.92 Å². The van der Waals surface area contributed by atoms with Gasteiger partial charge in [-0.05, 0) is 75.2 Å². The minimum Gasteiger partial charge on any atom is -0.377 e. The lowest BCUT2D eigenvalue weighted by atomic mass is 9.83. The molecule has 1 amide bonds. The lowest BCUT2D eigenvalue weighted by Crippen LogP contribution is -2.51. The van der Waals surface area contributed by atoms with Crippen molar-refractivity contribution in [3.8, 4) is 0 Å². The van der Waals surface area contributed by atoms with Gasteiger partial charge in [-0.15, -0.1) is 0 Å². The number of hydrogen-bond acceptors (Lipinski definition) is 7. The van der Waals surface area contributed by atoms with Crippen molar-refractivity contribution in [1.82, 2.24) is 9.80 Å². The van der Waals surface area contributed by atoms with E-state index in [0.717, 1.165) is 68.7 Å². The monoisotopic (exact) mass is 603 g/mol. The Morgan fingerprint density at radius 2 is 1.35 bits per heavy atom. The van der Waals surface area contributed by atoms with E-state index >= 15 is 0 Å². The van der Waals surface area contributed by atoms with Crippen molar-refractivity contribution < 1.29 is 22.7 Å². The van der Waals surface area contributed by atoms with Gasteiger partial charge in [-0.3, -0.25) is 4.79 Å². The zero-order chi connectivity index (χ0) is 30.0. The SMILES string of the molecule is CN(C)c1ccccc1C(=O)N1CCC(N2CCC(C3(c4ccc(S(=O)(=O)c5ccccc5)cc4)OCCO3)CC2)CC1. The van der Waals surface area contributed by atoms with Crippen LogP contribution < -0.4 is 4.90 Å². The van der Waals surface area contributed by atoms with Gasteiger partial charge in [-0.1, -0.05) is 42.5 Å². The van der Waals surface area contributed by atoms with E-state index in [2.05, 4.69) is 4.90 Å². The zero-order valence-corrected chi connectivity index (χ0v) is 25.8. The highest BCUT2D eigenvalue weighted by Crippen LogP contribution is 2.44. The number of rotatable bonds is 7. The number of likely N-dealkylation sites (tertiary alicyclic amines) is 2. The fraction of sp³-hybridized carbons (Fsp3) is 0.441. The molecule has 9 heteroatoms. The second kappa shape index (κ2) is 12.4. The molecule has 0 aliphatic carbocycles. The fourth-order valence-corrected chi connectivity index (χ4v) is 8.24. The summed E-state index contributed by atoms with van der Waals surface area (Å²) in [4.78, 5) is 20.5. The lowest BCUT2D eigenvalue weighted by Gasteiger charge is -2.45. The van der Waals surface area contributed by atoms with E-state index in [1.54, 1.807) is 36.4 Å². The highest BCUT2D eigenvalue weighted by atomic mass is 32.2. The maximum Gasteiger partial charge on any atom is 0.255 e. The average Bonchev–Trinajstić information content (AvgIpc) is 3.56. The fourth-order valence-electron chi connectivity index (χ4n) is 6.96. The maximum atomic E-state index is 13.3. The largest absolute Gasteiger partial charge is 0.377 e. The molecular weight excluding hydrogens is 562 g/mol. The quantitative estimate of drug-likeness (QED) is 0.384. The Hall–Kier alpha value is -3.24. The summed E-state index contributed by atoms with van der Waals surface area (Å²) in [6, 6.07) is 23.8. The minimum atomic E-state index is -3.59. The number of nitrogens with zero attached hydrogens (tertiary/aromatic N) is 3. The van der Waals surface area contributed by atoms with Crippen molar-refractivity contribution in [2.45, 2.75) is 47.3 Å². The number of para-hydroxylation sites is 1. The molecule has 0 bridgehead atoms. The Kier molecular flexibility index (Phi) is 8.60. The number of carbonyl (C=O) groups is 1. The molecule has 3 saturated heterocycles. The van der Waals surface area contributed by atoms with Gasteiger partial charge in [0.1, 0.15) is 0 Å². The second-order valence-corrected chi connectivity index (χ2v) is 13.9. The Morgan fingerprint density at radius 3 is 1.98 bits per heavy atom. The van der Waals surface area contributed by atoms with Crippen LogP contribution in [0.3, 0.4) is 0 Å². The van der Waals surface area contributed by atoms with Gasteiger partial charge in [0.15, 0.2) is 5.79 Å². The number of amides is 1. The summed E-state index contributed by atoms with van der Waals surface area (Å²) in [6.45, 7) is 4.46. The Balaban J connectivity index is 1.08. The Bertz CT molecular complexity index is 1510. The Labute approximate surface area is 255 Å². The van der Waals surface area contributed by atoms with Crippen LogP contribution in [0.4, 0.5) is 5.69 Å². The number of carbonyl (C=O) groups excluding carboxylic acids is 1. The van der Waals surface area contributed by atoms with E-state index in [-0.39, 0.29) is 21.6 Å². The van der Waals surface area contributed by atoms with Crippen LogP contribution in [0.25, 0.3) is 0 Å². The molecule has 8 nitrogen and oxygen atoms in total. The lowest BCUT2D eigenvalue weighted by molar-refractivity contribution is -0.215. The van der Waals surface area contributed by atoms with Crippen LogP contribution >= 0.6 is 0 Å². The van der Waals surface area contributed by atoms with E-state index < -0.39 is 15.6 Å². The van der Waals surface area contributed by atoms with Gasteiger partial charge in [0, 0.05) is 50.4 Å². The molecule has 0 saturated carbocycles. The van der Waals surface area contributed by atoms with Crippen molar-refractivity contribution in [2.75, 3.05) is 58.4 Å². The first-order valence-electron chi connectivity index (χ1n) is 15.3. The van der Waals surface area contributed by atoms with Gasteiger partial charge in [0.2, 0.25) is 9.84 Å². The molecule has 3 aliphatic rings. The molecule has 0 aromatic heterocycles. The number of hydrogen-bond donors (Lipinski definition) is 0. The molecule has 0 radical (unpaired) electrons. The molecule has 43 heavy (non-hydrogen) atoms. The minimum absolute atomic E-state index is 0.113. The van der Waals surface area contributed by atoms with E-state index in [0.29, 0.717) is 19.3 Å². The van der Waals surface area contributed by atoms with Crippen LogP contribution in [-0.4, -0.2) is 83.7 Å². The predicted octanol–water partition coefficient (Wildman–Crippen LogP) is 4.80. The zero-order valence-electron chi connectivity index (χ0n) is 25.0. The summed E-state index contributed by atoms with van der Waals surface area (Å²) in [7, 11) is 0.353. The number of piperidine rings is 2. The number of sulfone groups is 1. The standard InChI is InChI=1S/C34H41N3O5S/c1-35(2)32-11-7-6-10-31(32)33(38)37-22-18-28(19-23-37)36-20-16-27(17-21-36)34(41-24-25-42-34)26-12-14-30(15-13-26)43(39,40)29-8-4-3-5-9-29/h3-15,27-28H,16-25H2,1-2H3. The maximum absolute atomic E-state index is 13.3. The summed E-state index contributed by atoms with van der Waals surface area (Å²) in [6.07, 6.45) is 3.80. The van der Waals surface area contributed by atoms with E-state index in [9.17, 15) is 13.2 Å².